The summed E-state index contributed by atoms with van der Waals surface area (Å²) in [6, 6.07) is 7.28. The summed E-state index contributed by atoms with van der Waals surface area (Å²) in [6.07, 6.45) is 5.43. The Balaban J connectivity index is 1.80. The highest BCUT2D eigenvalue weighted by molar-refractivity contribution is 5.38. The van der Waals surface area contributed by atoms with Gasteiger partial charge in [0.2, 0.25) is 0 Å². The molecule has 1 aromatic rings. The molecule has 0 saturated heterocycles. The predicted molar refractivity (Wildman–Crippen MR) is 85.6 cm³/mol. The fourth-order valence-electron chi connectivity index (χ4n) is 2.83. The molecule has 1 saturated carbocycles. The molecular weight excluding hydrogens is 246 g/mol. The molecule has 0 amide bonds. The Morgan fingerprint density at radius 3 is 2.50 bits per heavy atom. The Morgan fingerprint density at radius 1 is 1.20 bits per heavy atom. The number of benzene rings is 1. The van der Waals surface area contributed by atoms with Crippen molar-refractivity contribution in [2.75, 3.05) is 13.2 Å². The van der Waals surface area contributed by atoms with E-state index in [1.54, 1.807) is 0 Å². The molecule has 0 atom stereocenters. The van der Waals surface area contributed by atoms with Crippen molar-refractivity contribution in [1.29, 1.82) is 0 Å². The standard InChI is InChI=1S/C18H29NO/c1-14-13-15(18(2,3)4)9-10-17(14)20-12-11-19-16-7-5-6-8-16/h9-10,13,16,19H,5-8,11-12H2,1-4H3. The van der Waals surface area contributed by atoms with Crippen molar-refractivity contribution in [3.8, 4) is 5.75 Å². The Morgan fingerprint density at radius 2 is 1.90 bits per heavy atom. The van der Waals surface area contributed by atoms with Gasteiger partial charge in [0.05, 0.1) is 0 Å². The maximum Gasteiger partial charge on any atom is 0.122 e. The quantitative estimate of drug-likeness (QED) is 0.813. The van der Waals surface area contributed by atoms with Gasteiger partial charge >= 0.3 is 0 Å². The third kappa shape index (κ3) is 4.24. The number of hydrogen-bond acceptors (Lipinski definition) is 2. The zero-order valence-electron chi connectivity index (χ0n) is 13.5. The van der Waals surface area contributed by atoms with Crippen molar-refractivity contribution in [2.45, 2.75) is 64.8 Å². The first-order chi connectivity index (χ1) is 9.47. The Kier molecular flexibility index (Phi) is 5.09. The summed E-state index contributed by atoms with van der Waals surface area (Å²) < 4.78 is 5.90. The van der Waals surface area contributed by atoms with Gasteiger partial charge in [-0.25, -0.2) is 0 Å². The molecule has 112 valence electrons. The van der Waals surface area contributed by atoms with Crippen LogP contribution < -0.4 is 10.1 Å². The van der Waals surface area contributed by atoms with Gasteiger partial charge in [0.25, 0.3) is 0 Å². The minimum atomic E-state index is 0.202. The van der Waals surface area contributed by atoms with Crippen LogP contribution >= 0.6 is 0 Å². The van der Waals surface area contributed by atoms with Crippen molar-refractivity contribution < 1.29 is 4.74 Å². The van der Waals surface area contributed by atoms with Gasteiger partial charge in [-0.2, -0.15) is 0 Å². The summed E-state index contributed by atoms with van der Waals surface area (Å²) in [4.78, 5) is 0. The maximum absolute atomic E-state index is 5.90. The van der Waals surface area contributed by atoms with E-state index >= 15 is 0 Å². The highest BCUT2D eigenvalue weighted by atomic mass is 16.5. The van der Waals surface area contributed by atoms with Crippen molar-refractivity contribution in [3.63, 3.8) is 0 Å². The minimum absolute atomic E-state index is 0.202. The highest BCUT2D eigenvalue weighted by Crippen LogP contribution is 2.27. The Labute approximate surface area is 123 Å². The van der Waals surface area contributed by atoms with Crippen LogP contribution in [0.3, 0.4) is 0 Å². The van der Waals surface area contributed by atoms with Crippen LogP contribution in [0.2, 0.25) is 0 Å². The summed E-state index contributed by atoms with van der Waals surface area (Å²) in [6.45, 7) is 10.6. The number of aryl methyl sites for hydroxylation is 1. The van der Waals surface area contributed by atoms with Crippen LogP contribution in [-0.2, 0) is 5.41 Å². The topological polar surface area (TPSA) is 21.3 Å². The molecular formula is C18H29NO. The van der Waals surface area contributed by atoms with E-state index < -0.39 is 0 Å². The predicted octanol–water partition coefficient (Wildman–Crippen LogP) is 4.20. The third-order valence-corrected chi connectivity index (χ3v) is 4.19. The third-order valence-electron chi connectivity index (χ3n) is 4.19. The molecule has 2 nitrogen and oxygen atoms in total. The van der Waals surface area contributed by atoms with E-state index in [4.69, 9.17) is 4.74 Å². The molecule has 0 bridgehead atoms. The number of ether oxygens (including phenoxy) is 1. The van der Waals surface area contributed by atoms with Gasteiger partial charge in [-0.3, -0.25) is 0 Å². The minimum Gasteiger partial charge on any atom is -0.492 e. The van der Waals surface area contributed by atoms with Gasteiger partial charge < -0.3 is 10.1 Å². The summed E-state index contributed by atoms with van der Waals surface area (Å²) in [7, 11) is 0. The molecule has 2 rings (SSSR count). The first-order valence-corrected chi connectivity index (χ1v) is 7.94. The molecule has 2 heteroatoms. The second kappa shape index (κ2) is 6.62. The largest absolute Gasteiger partial charge is 0.492 e. The van der Waals surface area contributed by atoms with Gasteiger partial charge in [0.1, 0.15) is 12.4 Å². The van der Waals surface area contributed by atoms with Crippen LogP contribution in [0.25, 0.3) is 0 Å². The molecule has 1 N–H and O–H groups in total. The first kappa shape index (κ1) is 15.4. The molecule has 0 unspecified atom stereocenters. The number of hydrogen-bond donors (Lipinski definition) is 1. The fraction of sp³-hybridized carbons (Fsp3) is 0.667. The molecule has 1 fully saturated rings. The zero-order valence-corrected chi connectivity index (χ0v) is 13.5. The molecule has 1 aliphatic rings. The van der Waals surface area contributed by atoms with Gasteiger partial charge in [-0.1, -0.05) is 45.7 Å². The van der Waals surface area contributed by atoms with Crippen molar-refractivity contribution in [2.24, 2.45) is 0 Å². The van der Waals surface area contributed by atoms with Crippen LogP contribution in [0.5, 0.6) is 5.75 Å². The lowest BCUT2D eigenvalue weighted by atomic mass is 9.86. The van der Waals surface area contributed by atoms with Gasteiger partial charge in [0, 0.05) is 12.6 Å². The van der Waals surface area contributed by atoms with Crippen LogP contribution in [-0.4, -0.2) is 19.2 Å². The van der Waals surface area contributed by atoms with E-state index in [0.29, 0.717) is 0 Å². The first-order valence-electron chi connectivity index (χ1n) is 7.94. The summed E-state index contributed by atoms with van der Waals surface area (Å²) in [5, 5.41) is 3.58. The van der Waals surface area contributed by atoms with Crippen LogP contribution in [0.1, 0.15) is 57.6 Å². The van der Waals surface area contributed by atoms with Crippen LogP contribution in [0, 0.1) is 6.92 Å². The lowest BCUT2D eigenvalue weighted by Gasteiger charge is -2.21. The van der Waals surface area contributed by atoms with E-state index in [2.05, 4.69) is 51.2 Å². The summed E-state index contributed by atoms with van der Waals surface area (Å²) in [5.74, 6) is 1.02. The van der Waals surface area contributed by atoms with Crippen LogP contribution in [0.15, 0.2) is 18.2 Å². The second-order valence-corrected chi connectivity index (χ2v) is 7.01. The smallest absolute Gasteiger partial charge is 0.122 e. The molecule has 0 aromatic heterocycles. The number of rotatable bonds is 5. The molecule has 0 radical (unpaired) electrons. The van der Waals surface area contributed by atoms with Gasteiger partial charge in [0.15, 0.2) is 0 Å². The Hall–Kier alpha value is -1.02. The zero-order chi connectivity index (χ0) is 14.6. The molecule has 1 aromatic carbocycles. The summed E-state index contributed by atoms with van der Waals surface area (Å²) >= 11 is 0. The van der Waals surface area contributed by atoms with Crippen LogP contribution in [0.4, 0.5) is 0 Å². The fourth-order valence-corrected chi connectivity index (χ4v) is 2.83. The molecule has 0 aliphatic heterocycles. The van der Waals surface area contributed by atoms with Crippen molar-refractivity contribution in [3.05, 3.63) is 29.3 Å². The second-order valence-electron chi connectivity index (χ2n) is 7.01. The monoisotopic (exact) mass is 275 g/mol. The van der Waals surface area contributed by atoms with E-state index in [-0.39, 0.29) is 5.41 Å². The number of nitrogens with one attached hydrogen (secondary N) is 1. The lowest BCUT2D eigenvalue weighted by Crippen LogP contribution is -2.30. The van der Waals surface area contributed by atoms with E-state index in [1.807, 2.05) is 0 Å². The normalized spacial score (nSPS) is 16.6. The van der Waals surface area contributed by atoms with E-state index in [9.17, 15) is 0 Å². The maximum atomic E-state index is 5.90. The molecule has 1 aliphatic carbocycles. The molecule has 20 heavy (non-hydrogen) atoms. The highest BCUT2D eigenvalue weighted by Gasteiger charge is 2.15. The average molecular weight is 275 g/mol. The summed E-state index contributed by atoms with van der Waals surface area (Å²) in [5.41, 5.74) is 2.80. The van der Waals surface area contributed by atoms with Gasteiger partial charge in [-0.05, 0) is 42.4 Å². The van der Waals surface area contributed by atoms with E-state index in [0.717, 1.165) is 24.9 Å². The lowest BCUT2D eigenvalue weighted by molar-refractivity contribution is 0.303. The van der Waals surface area contributed by atoms with Crippen molar-refractivity contribution in [1.82, 2.24) is 5.32 Å². The Bertz CT molecular complexity index is 428. The molecule has 0 spiro atoms. The average Bonchev–Trinajstić information content (AvgIpc) is 2.88. The van der Waals surface area contributed by atoms with Gasteiger partial charge in [-0.15, -0.1) is 0 Å². The van der Waals surface area contributed by atoms with Crippen molar-refractivity contribution >= 4 is 0 Å². The van der Waals surface area contributed by atoms with E-state index in [1.165, 1.54) is 36.8 Å². The molecule has 0 heterocycles. The SMILES string of the molecule is Cc1cc(C(C)(C)C)ccc1OCCNC1CCCC1.